The first kappa shape index (κ1) is 24.0. The van der Waals surface area contributed by atoms with Crippen LogP contribution in [-0.2, 0) is 13.7 Å². The molecule has 1 aliphatic heterocycles. The van der Waals surface area contributed by atoms with Crippen molar-refractivity contribution >= 4 is 35.9 Å². The van der Waals surface area contributed by atoms with Crippen LogP contribution in [0.4, 0.5) is 0 Å². The molecule has 1 heterocycles. The predicted molar refractivity (Wildman–Crippen MR) is 145 cm³/mol. The molecule has 0 spiro atoms. The summed E-state index contributed by atoms with van der Waals surface area (Å²) in [6.45, 7) is 0.945. The van der Waals surface area contributed by atoms with Crippen LogP contribution < -0.4 is 21.2 Å². The van der Waals surface area contributed by atoms with Gasteiger partial charge in [-0.1, -0.05) is 72.8 Å². The molecule has 6 heteroatoms. The molecule has 1 saturated heterocycles. The summed E-state index contributed by atoms with van der Waals surface area (Å²) in [7, 11) is -6.41. The van der Waals surface area contributed by atoms with Crippen LogP contribution in [0.2, 0.25) is 0 Å². The topological polar surface area (TPSA) is 46.6 Å². The van der Waals surface area contributed by atoms with Crippen LogP contribution in [0, 0.1) is 0 Å². The normalized spacial score (nSPS) is 16.9. The lowest BCUT2D eigenvalue weighted by Crippen LogP contribution is -2.38. The molecule has 178 valence electrons. The lowest BCUT2D eigenvalue weighted by molar-refractivity contribution is 0.241. The van der Waals surface area contributed by atoms with E-state index in [9.17, 15) is 9.13 Å². The minimum atomic E-state index is -3.32. The van der Waals surface area contributed by atoms with Crippen molar-refractivity contribution < 1.29 is 13.7 Å². The zero-order valence-corrected chi connectivity index (χ0v) is 21.3. The third kappa shape index (κ3) is 4.73. The van der Waals surface area contributed by atoms with Crippen LogP contribution in [0.25, 0.3) is 0 Å². The van der Waals surface area contributed by atoms with E-state index in [0.29, 0.717) is 17.2 Å². The highest BCUT2D eigenvalue weighted by Gasteiger charge is 2.42. The third-order valence-corrected chi connectivity index (χ3v) is 12.3. The van der Waals surface area contributed by atoms with E-state index in [0.717, 1.165) is 23.5 Å². The zero-order valence-electron chi connectivity index (χ0n) is 19.5. The molecule has 1 fully saturated rings. The number of hydrogen-bond donors (Lipinski definition) is 0. The van der Waals surface area contributed by atoms with Gasteiger partial charge in [0.1, 0.15) is 0 Å². The molecule has 5 rings (SSSR count). The molecular weight excluding hydrogens is 472 g/mol. The van der Waals surface area contributed by atoms with Crippen LogP contribution in [-0.4, -0.2) is 23.9 Å². The Labute approximate surface area is 207 Å². The molecule has 0 amide bonds. The second-order valence-electron chi connectivity index (χ2n) is 8.72. The largest absolute Gasteiger partial charge is 0.320 e. The van der Waals surface area contributed by atoms with Gasteiger partial charge in [0.25, 0.3) is 7.37 Å². The Morgan fingerprint density at radius 3 is 1.46 bits per heavy atom. The third-order valence-electron chi connectivity index (χ3n) is 6.56. The van der Waals surface area contributed by atoms with Gasteiger partial charge >= 0.3 is 0 Å². The Balaban J connectivity index is 1.49. The number of hydrogen-bond acceptors (Lipinski definition) is 3. The van der Waals surface area contributed by atoms with E-state index < -0.39 is 14.7 Å². The summed E-state index contributed by atoms with van der Waals surface area (Å²) in [6.07, 6.45) is 1.76. The fraction of sp³-hybridized carbons (Fsp3) is 0.172. The van der Waals surface area contributed by atoms with Crippen LogP contribution in [0.15, 0.2) is 121 Å². The molecule has 4 nitrogen and oxygen atoms in total. The van der Waals surface area contributed by atoms with Gasteiger partial charge in [0.05, 0.1) is 6.61 Å². The lowest BCUT2D eigenvalue weighted by atomic mass is 10.2. The summed E-state index contributed by atoms with van der Waals surface area (Å²) in [5, 5.41) is 2.97. The molecule has 4 aromatic carbocycles. The first-order valence-corrected chi connectivity index (χ1v) is 15.2. The van der Waals surface area contributed by atoms with E-state index >= 15 is 0 Å². The Hall–Kier alpha value is -2.74. The van der Waals surface area contributed by atoms with Gasteiger partial charge in [-0.15, -0.1) is 0 Å². The standard InChI is InChI=1S/C29H29NO3P2/c31-34(26-15-5-1-6-16-26,27-17-7-2-8-18-27)30-23-13-14-25(30)24-33-35(32,28-19-9-3-10-20-28)29-21-11-4-12-22-29/h1-12,15-22,25H,13-14,23-24H2/t25-/m0/s1. The smallest absolute Gasteiger partial charge is 0.261 e. The van der Waals surface area contributed by atoms with E-state index in [1.165, 1.54) is 0 Å². The molecular formula is C29H29NO3P2. The zero-order chi connectivity index (χ0) is 24.1. The van der Waals surface area contributed by atoms with E-state index in [-0.39, 0.29) is 12.6 Å². The molecule has 0 radical (unpaired) electrons. The van der Waals surface area contributed by atoms with Gasteiger partial charge in [0.15, 0.2) is 0 Å². The monoisotopic (exact) mass is 501 g/mol. The van der Waals surface area contributed by atoms with Gasteiger partial charge in [0.2, 0.25) is 7.29 Å². The Bertz CT molecular complexity index is 1240. The highest BCUT2D eigenvalue weighted by atomic mass is 31.2. The predicted octanol–water partition coefficient (Wildman–Crippen LogP) is 5.33. The molecule has 4 aromatic rings. The molecule has 1 atom stereocenters. The van der Waals surface area contributed by atoms with Crippen molar-refractivity contribution in [1.29, 1.82) is 0 Å². The van der Waals surface area contributed by atoms with Crippen molar-refractivity contribution in [2.45, 2.75) is 18.9 Å². The van der Waals surface area contributed by atoms with Crippen molar-refractivity contribution in [2.75, 3.05) is 13.2 Å². The molecule has 35 heavy (non-hydrogen) atoms. The Morgan fingerprint density at radius 2 is 1.03 bits per heavy atom. The highest BCUT2D eigenvalue weighted by molar-refractivity contribution is 7.76. The second kappa shape index (κ2) is 10.5. The maximum Gasteiger partial charge on any atom is 0.261 e. The first-order valence-electron chi connectivity index (χ1n) is 12.0. The van der Waals surface area contributed by atoms with Gasteiger partial charge in [-0.2, -0.15) is 0 Å². The van der Waals surface area contributed by atoms with E-state index in [1.54, 1.807) is 0 Å². The summed E-state index contributed by atoms with van der Waals surface area (Å²) in [6, 6.07) is 38.1. The van der Waals surface area contributed by atoms with E-state index in [1.807, 2.05) is 121 Å². The van der Waals surface area contributed by atoms with Crippen molar-refractivity contribution in [3.63, 3.8) is 0 Å². The van der Waals surface area contributed by atoms with Gasteiger partial charge < -0.3 is 4.52 Å². The first-order chi connectivity index (χ1) is 17.1. The van der Waals surface area contributed by atoms with E-state index in [4.69, 9.17) is 4.52 Å². The summed E-state index contributed by atoms with van der Waals surface area (Å²) >= 11 is 0. The maximum atomic E-state index is 14.9. The highest BCUT2D eigenvalue weighted by Crippen LogP contribution is 2.53. The fourth-order valence-electron chi connectivity index (χ4n) is 4.80. The average Bonchev–Trinajstić information content (AvgIpc) is 3.42. The number of nitrogens with zero attached hydrogens (tertiary/aromatic N) is 1. The Morgan fingerprint density at radius 1 is 0.629 bits per heavy atom. The summed E-state index contributed by atoms with van der Waals surface area (Å²) in [4.78, 5) is 0. The molecule has 0 unspecified atom stereocenters. The maximum absolute atomic E-state index is 14.9. The van der Waals surface area contributed by atoms with Crippen molar-refractivity contribution in [2.24, 2.45) is 0 Å². The molecule has 0 aliphatic carbocycles. The number of benzene rings is 4. The average molecular weight is 502 g/mol. The molecule has 1 aliphatic rings. The van der Waals surface area contributed by atoms with Crippen LogP contribution in [0.1, 0.15) is 12.8 Å². The van der Waals surface area contributed by atoms with Crippen LogP contribution >= 0.6 is 14.7 Å². The lowest BCUT2D eigenvalue weighted by Gasteiger charge is -2.34. The summed E-state index contributed by atoms with van der Waals surface area (Å²) in [5.74, 6) is 0. The minimum Gasteiger partial charge on any atom is -0.320 e. The molecule has 0 aromatic heterocycles. The fourth-order valence-corrected chi connectivity index (χ4v) is 10.0. The minimum absolute atomic E-state index is 0.109. The van der Waals surface area contributed by atoms with Gasteiger partial charge in [0, 0.05) is 33.8 Å². The summed E-state index contributed by atoms with van der Waals surface area (Å²) < 4.78 is 37.7. The number of rotatable bonds is 8. The van der Waals surface area contributed by atoms with Crippen molar-refractivity contribution in [1.82, 2.24) is 4.67 Å². The van der Waals surface area contributed by atoms with Gasteiger partial charge in [-0.05, 0) is 61.4 Å². The van der Waals surface area contributed by atoms with E-state index in [2.05, 4.69) is 4.67 Å². The van der Waals surface area contributed by atoms with Crippen LogP contribution in [0.3, 0.4) is 0 Å². The van der Waals surface area contributed by atoms with Crippen molar-refractivity contribution in [3.8, 4) is 0 Å². The quantitative estimate of drug-likeness (QED) is 0.307. The SMILES string of the molecule is O=P(OC[C@@H]1CCCN1P(=O)(c1ccccc1)c1ccccc1)(c1ccccc1)c1ccccc1. The molecule has 0 saturated carbocycles. The van der Waals surface area contributed by atoms with Crippen LogP contribution in [0.5, 0.6) is 0 Å². The summed E-state index contributed by atoms with van der Waals surface area (Å²) in [5.41, 5.74) is 0. The Kier molecular flexibility index (Phi) is 7.18. The van der Waals surface area contributed by atoms with Gasteiger partial charge in [-0.3, -0.25) is 9.13 Å². The van der Waals surface area contributed by atoms with Crippen molar-refractivity contribution in [3.05, 3.63) is 121 Å². The van der Waals surface area contributed by atoms with Gasteiger partial charge in [-0.25, -0.2) is 4.67 Å². The second-order valence-corrected chi connectivity index (χ2v) is 13.8. The molecule has 0 N–H and O–H groups in total. The molecule has 0 bridgehead atoms.